The maximum atomic E-state index is 5.86. The molecular weight excluding hydrogens is 216 g/mol. The van der Waals surface area contributed by atoms with Crippen LogP contribution in [0.2, 0.25) is 4.34 Å². The van der Waals surface area contributed by atoms with Gasteiger partial charge in [0.15, 0.2) is 0 Å². The Hall–Kier alpha value is -0.0900. The first-order valence-electron chi connectivity index (χ1n) is 4.78. The molecule has 0 aromatic carbocycles. The van der Waals surface area contributed by atoms with Gasteiger partial charge in [-0.1, -0.05) is 11.6 Å². The Morgan fingerprint density at radius 2 is 2.29 bits per heavy atom. The second-order valence-corrected chi connectivity index (χ2v) is 5.35. The molecule has 80 valence electrons. The van der Waals surface area contributed by atoms with Gasteiger partial charge in [-0.05, 0) is 39.1 Å². The molecule has 0 spiro atoms. The zero-order valence-corrected chi connectivity index (χ0v) is 10.2. The van der Waals surface area contributed by atoms with E-state index in [1.54, 1.807) is 11.3 Å². The molecule has 4 heteroatoms. The minimum Gasteiger partial charge on any atom is -0.330 e. The van der Waals surface area contributed by atoms with Gasteiger partial charge in [-0.2, -0.15) is 0 Å². The number of nitrogens with zero attached hydrogens (tertiary/aromatic N) is 1. The van der Waals surface area contributed by atoms with E-state index in [0.29, 0.717) is 6.04 Å². The number of halogens is 1. The number of thiophene rings is 1. The summed E-state index contributed by atoms with van der Waals surface area (Å²) in [6.07, 6.45) is 1.04. The Bertz CT molecular complexity index is 275. The lowest BCUT2D eigenvalue weighted by Crippen LogP contribution is -2.30. The topological polar surface area (TPSA) is 29.3 Å². The summed E-state index contributed by atoms with van der Waals surface area (Å²) in [5.74, 6) is 0. The van der Waals surface area contributed by atoms with Gasteiger partial charge in [0.2, 0.25) is 0 Å². The molecule has 0 aliphatic rings. The number of rotatable bonds is 5. The summed E-state index contributed by atoms with van der Waals surface area (Å²) < 4.78 is 0.861. The van der Waals surface area contributed by atoms with Crippen molar-refractivity contribution in [1.29, 1.82) is 0 Å². The van der Waals surface area contributed by atoms with Gasteiger partial charge in [0.1, 0.15) is 0 Å². The van der Waals surface area contributed by atoms with Crippen molar-refractivity contribution >= 4 is 22.9 Å². The molecule has 14 heavy (non-hydrogen) atoms. The molecule has 0 aliphatic carbocycles. The summed E-state index contributed by atoms with van der Waals surface area (Å²) in [6, 6.07) is 4.56. The molecular formula is C10H17ClN2S. The van der Waals surface area contributed by atoms with Crippen molar-refractivity contribution in [3.05, 3.63) is 21.3 Å². The maximum Gasteiger partial charge on any atom is 0.0931 e. The number of hydrogen-bond donors (Lipinski definition) is 1. The second-order valence-electron chi connectivity index (χ2n) is 3.55. The highest BCUT2D eigenvalue weighted by atomic mass is 35.5. The van der Waals surface area contributed by atoms with Crippen LogP contribution in [0.15, 0.2) is 12.1 Å². The second kappa shape index (κ2) is 5.71. The van der Waals surface area contributed by atoms with Crippen LogP contribution in [-0.4, -0.2) is 24.5 Å². The SMILES string of the molecule is CC(CCN)N(C)Cc1ccc(Cl)s1. The largest absolute Gasteiger partial charge is 0.330 e. The highest BCUT2D eigenvalue weighted by Gasteiger charge is 2.09. The predicted octanol–water partition coefficient (Wildman–Crippen LogP) is 2.57. The average molecular weight is 233 g/mol. The molecule has 0 fully saturated rings. The van der Waals surface area contributed by atoms with E-state index in [0.717, 1.165) is 23.8 Å². The van der Waals surface area contributed by atoms with E-state index in [1.165, 1.54) is 4.88 Å². The number of hydrogen-bond acceptors (Lipinski definition) is 3. The third kappa shape index (κ3) is 3.58. The normalized spacial score (nSPS) is 13.5. The van der Waals surface area contributed by atoms with Crippen molar-refractivity contribution in [3.8, 4) is 0 Å². The zero-order valence-electron chi connectivity index (χ0n) is 8.66. The van der Waals surface area contributed by atoms with Gasteiger partial charge in [-0.15, -0.1) is 11.3 Å². The first-order valence-corrected chi connectivity index (χ1v) is 5.97. The molecule has 1 atom stereocenters. The lowest BCUT2D eigenvalue weighted by Gasteiger charge is -2.23. The predicted molar refractivity (Wildman–Crippen MR) is 63.9 cm³/mol. The summed E-state index contributed by atoms with van der Waals surface area (Å²) in [4.78, 5) is 3.61. The van der Waals surface area contributed by atoms with E-state index in [-0.39, 0.29) is 0 Å². The van der Waals surface area contributed by atoms with Gasteiger partial charge < -0.3 is 5.73 Å². The monoisotopic (exact) mass is 232 g/mol. The molecule has 1 aromatic heterocycles. The minimum atomic E-state index is 0.529. The van der Waals surface area contributed by atoms with Crippen LogP contribution >= 0.6 is 22.9 Å². The molecule has 0 radical (unpaired) electrons. The Labute approximate surface area is 94.7 Å². The highest BCUT2D eigenvalue weighted by molar-refractivity contribution is 7.16. The molecule has 0 amide bonds. The lowest BCUT2D eigenvalue weighted by atomic mass is 10.2. The third-order valence-electron chi connectivity index (χ3n) is 2.37. The first-order chi connectivity index (χ1) is 6.63. The summed E-state index contributed by atoms with van der Waals surface area (Å²) in [5, 5.41) is 0. The summed E-state index contributed by atoms with van der Waals surface area (Å²) in [7, 11) is 2.12. The molecule has 0 saturated carbocycles. The zero-order chi connectivity index (χ0) is 10.6. The van der Waals surface area contributed by atoms with Crippen molar-refractivity contribution in [1.82, 2.24) is 4.90 Å². The fourth-order valence-corrected chi connectivity index (χ4v) is 2.45. The minimum absolute atomic E-state index is 0.529. The van der Waals surface area contributed by atoms with E-state index in [9.17, 15) is 0 Å². The summed E-state index contributed by atoms with van der Waals surface area (Å²) in [5.41, 5.74) is 5.52. The Kier molecular flexibility index (Phi) is 4.89. The van der Waals surface area contributed by atoms with Gasteiger partial charge in [0.05, 0.1) is 4.34 Å². The number of nitrogens with two attached hydrogens (primary N) is 1. The molecule has 2 nitrogen and oxygen atoms in total. The summed E-state index contributed by atoms with van der Waals surface area (Å²) in [6.45, 7) is 3.90. The van der Waals surface area contributed by atoms with E-state index in [4.69, 9.17) is 17.3 Å². The van der Waals surface area contributed by atoms with Crippen LogP contribution in [0.4, 0.5) is 0 Å². The molecule has 1 unspecified atom stereocenters. The van der Waals surface area contributed by atoms with Crippen LogP contribution in [0.25, 0.3) is 0 Å². The average Bonchev–Trinajstić information content (AvgIpc) is 2.51. The molecule has 0 saturated heterocycles. The van der Waals surface area contributed by atoms with E-state index in [2.05, 4.69) is 24.9 Å². The highest BCUT2D eigenvalue weighted by Crippen LogP contribution is 2.22. The molecule has 1 heterocycles. The van der Waals surface area contributed by atoms with Gasteiger partial charge in [0.25, 0.3) is 0 Å². The van der Waals surface area contributed by atoms with Gasteiger partial charge in [-0.3, -0.25) is 4.90 Å². The van der Waals surface area contributed by atoms with E-state index in [1.807, 2.05) is 6.07 Å². The van der Waals surface area contributed by atoms with Gasteiger partial charge >= 0.3 is 0 Å². The lowest BCUT2D eigenvalue weighted by molar-refractivity contribution is 0.242. The molecule has 2 N–H and O–H groups in total. The summed E-state index contributed by atoms with van der Waals surface area (Å²) >= 11 is 7.51. The van der Waals surface area contributed by atoms with E-state index >= 15 is 0 Å². The quantitative estimate of drug-likeness (QED) is 0.846. The van der Waals surface area contributed by atoms with Crippen LogP contribution < -0.4 is 5.73 Å². The van der Waals surface area contributed by atoms with Crippen LogP contribution in [-0.2, 0) is 6.54 Å². The van der Waals surface area contributed by atoms with Gasteiger partial charge in [0, 0.05) is 17.5 Å². The fraction of sp³-hybridized carbons (Fsp3) is 0.600. The van der Waals surface area contributed by atoms with Crippen molar-refractivity contribution in [2.24, 2.45) is 5.73 Å². The van der Waals surface area contributed by atoms with Crippen LogP contribution in [0.1, 0.15) is 18.2 Å². The third-order valence-corrected chi connectivity index (χ3v) is 3.59. The standard InChI is InChI=1S/C10H17ClN2S/c1-8(5-6-12)13(2)7-9-3-4-10(11)14-9/h3-4,8H,5-7,12H2,1-2H3. The molecule has 0 bridgehead atoms. The Morgan fingerprint density at radius 3 is 2.79 bits per heavy atom. The first kappa shape index (κ1) is 12.0. The molecule has 0 aliphatic heterocycles. The maximum absolute atomic E-state index is 5.86. The van der Waals surface area contributed by atoms with Crippen molar-refractivity contribution in [2.45, 2.75) is 25.9 Å². The fourth-order valence-electron chi connectivity index (χ4n) is 1.30. The molecule has 1 rings (SSSR count). The van der Waals surface area contributed by atoms with Crippen molar-refractivity contribution in [2.75, 3.05) is 13.6 Å². The Balaban J connectivity index is 2.43. The Morgan fingerprint density at radius 1 is 1.57 bits per heavy atom. The smallest absolute Gasteiger partial charge is 0.0931 e. The van der Waals surface area contributed by atoms with Crippen molar-refractivity contribution < 1.29 is 0 Å². The van der Waals surface area contributed by atoms with Gasteiger partial charge in [-0.25, -0.2) is 0 Å². The van der Waals surface area contributed by atoms with E-state index < -0.39 is 0 Å². The van der Waals surface area contributed by atoms with Crippen LogP contribution in [0, 0.1) is 0 Å². The van der Waals surface area contributed by atoms with Crippen molar-refractivity contribution in [3.63, 3.8) is 0 Å². The van der Waals surface area contributed by atoms with Crippen LogP contribution in [0.3, 0.4) is 0 Å². The molecule has 1 aromatic rings. The van der Waals surface area contributed by atoms with Crippen LogP contribution in [0.5, 0.6) is 0 Å².